The Bertz CT molecular complexity index is 486. The van der Waals surface area contributed by atoms with Gasteiger partial charge in [0.15, 0.2) is 0 Å². The lowest BCUT2D eigenvalue weighted by Crippen LogP contribution is -2.28. The molecule has 0 aliphatic heterocycles. The van der Waals surface area contributed by atoms with Crippen molar-refractivity contribution < 1.29 is 9.59 Å². The third-order valence-corrected chi connectivity index (χ3v) is 3.71. The van der Waals surface area contributed by atoms with Crippen molar-refractivity contribution in [2.24, 2.45) is 0 Å². The van der Waals surface area contributed by atoms with Crippen molar-refractivity contribution >= 4 is 17.5 Å². The molecule has 5 heteroatoms. The molecule has 1 aromatic carbocycles. The fraction of sp³-hybridized carbons (Fsp3) is 0.579. The van der Waals surface area contributed by atoms with E-state index in [9.17, 15) is 9.59 Å². The third kappa shape index (κ3) is 8.67. The zero-order valence-corrected chi connectivity index (χ0v) is 15.0. The first-order chi connectivity index (χ1) is 11.7. The smallest absolute Gasteiger partial charge is 0.251 e. The van der Waals surface area contributed by atoms with Crippen molar-refractivity contribution in [2.45, 2.75) is 52.4 Å². The van der Waals surface area contributed by atoms with Crippen LogP contribution in [0.3, 0.4) is 0 Å². The standard InChI is InChI=1S/C19H31N3O2/c1-3-5-6-7-8-14-20-15-18(23)22-17-11-9-16(10-12-17)19(24)21-13-4-2/h9-12,20H,3-8,13-15H2,1-2H3,(H,21,24)(H,22,23). The second kappa shape index (κ2) is 12.5. The Kier molecular flexibility index (Phi) is 10.5. The van der Waals surface area contributed by atoms with Crippen LogP contribution in [0.15, 0.2) is 24.3 Å². The van der Waals surface area contributed by atoms with Crippen molar-refractivity contribution in [3.63, 3.8) is 0 Å². The molecule has 1 aromatic rings. The highest BCUT2D eigenvalue weighted by Crippen LogP contribution is 2.09. The highest BCUT2D eigenvalue weighted by atomic mass is 16.2. The van der Waals surface area contributed by atoms with Crippen LogP contribution in [0.1, 0.15) is 62.7 Å². The summed E-state index contributed by atoms with van der Waals surface area (Å²) in [6.07, 6.45) is 7.02. The highest BCUT2D eigenvalue weighted by molar-refractivity contribution is 5.96. The van der Waals surface area contributed by atoms with Crippen LogP contribution in [0.4, 0.5) is 5.69 Å². The Morgan fingerprint density at radius 3 is 2.25 bits per heavy atom. The molecule has 3 N–H and O–H groups in total. The lowest BCUT2D eigenvalue weighted by molar-refractivity contribution is -0.115. The summed E-state index contributed by atoms with van der Waals surface area (Å²) in [5.74, 6) is -0.147. The summed E-state index contributed by atoms with van der Waals surface area (Å²) >= 11 is 0. The van der Waals surface area contributed by atoms with Crippen LogP contribution in [-0.2, 0) is 4.79 Å². The molecule has 0 saturated carbocycles. The van der Waals surface area contributed by atoms with Gasteiger partial charge in [0.2, 0.25) is 5.91 Å². The molecule has 0 fully saturated rings. The number of hydrogen-bond donors (Lipinski definition) is 3. The van der Waals surface area contributed by atoms with Gasteiger partial charge in [-0.25, -0.2) is 0 Å². The van der Waals surface area contributed by atoms with E-state index in [1.807, 2.05) is 6.92 Å². The summed E-state index contributed by atoms with van der Waals surface area (Å²) in [7, 11) is 0. The Morgan fingerprint density at radius 2 is 1.58 bits per heavy atom. The van der Waals surface area contributed by atoms with Gasteiger partial charge >= 0.3 is 0 Å². The molecule has 0 saturated heterocycles. The van der Waals surface area contributed by atoms with E-state index in [-0.39, 0.29) is 11.8 Å². The van der Waals surface area contributed by atoms with Gasteiger partial charge < -0.3 is 16.0 Å². The van der Waals surface area contributed by atoms with Crippen LogP contribution in [0, 0.1) is 0 Å². The average Bonchev–Trinajstić information content (AvgIpc) is 2.59. The summed E-state index contributed by atoms with van der Waals surface area (Å²) in [6.45, 7) is 6.06. The second-order valence-electron chi connectivity index (χ2n) is 5.97. The van der Waals surface area contributed by atoms with Crippen LogP contribution >= 0.6 is 0 Å². The number of carbonyl (C=O) groups is 2. The van der Waals surface area contributed by atoms with E-state index in [0.717, 1.165) is 19.4 Å². The first-order valence-electron chi connectivity index (χ1n) is 9.06. The Morgan fingerprint density at radius 1 is 0.875 bits per heavy atom. The highest BCUT2D eigenvalue weighted by Gasteiger charge is 2.05. The molecule has 0 heterocycles. The average molecular weight is 333 g/mol. The number of anilines is 1. The van der Waals surface area contributed by atoms with Gasteiger partial charge in [0.1, 0.15) is 0 Å². The summed E-state index contributed by atoms with van der Waals surface area (Å²) in [5.41, 5.74) is 1.31. The predicted molar refractivity (Wildman–Crippen MR) is 99.3 cm³/mol. The van der Waals surface area contributed by atoms with E-state index in [1.54, 1.807) is 24.3 Å². The van der Waals surface area contributed by atoms with Gasteiger partial charge in [-0.2, -0.15) is 0 Å². The molecule has 1 rings (SSSR count). The normalized spacial score (nSPS) is 10.4. The van der Waals surface area contributed by atoms with Gasteiger partial charge in [-0.15, -0.1) is 0 Å². The maximum absolute atomic E-state index is 11.9. The third-order valence-electron chi connectivity index (χ3n) is 3.71. The minimum absolute atomic E-state index is 0.0632. The molecule has 0 aliphatic carbocycles. The Labute approximate surface area is 145 Å². The molecule has 0 unspecified atom stereocenters. The minimum atomic E-state index is -0.0838. The first-order valence-corrected chi connectivity index (χ1v) is 9.06. The van der Waals surface area contributed by atoms with E-state index in [0.29, 0.717) is 24.3 Å². The molecule has 0 aliphatic rings. The van der Waals surface area contributed by atoms with Crippen molar-refractivity contribution in [1.82, 2.24) is 10.6 Å². The molecular formula is C19H31N3O2. The number of amides is 2. The molecule has 134 valence electrons. The molecule has 0 spiro atoms. The molecule has 2 amide bonds. The summed E-state index contributed by atoms with van der Waals surface area (Å²) < 4.78 is 0. The van der Waals surface area contributed by atoms with E-state index in [1.165, 1.54) is 25.7 Å². The van der Waals surface area contributed by atoms with Crippen LogP contribution in [-0.4, -0.2) is 31.4 Å². The van der Waals surface area contributed by atoms with Crippen LogP contribution in [0.25, 0.3) is 0 Å². The van der Waals surface area contributed by atoms with E-state index < -0.39 is 0 Å². The van der Waals surface area contributed by atoms with Crippen LogP contribution in [0.5, 0.6) is 0 Å². The van der Waals surface area contributed by atoms with Crippen molar-refractivity contribution in [3.8, 4) is 0 Å². The van der Waals surface area contributed by atoms with Gasteiger partial charge in [-0.1, -0.05) is 39.5 Å². The maximum atomic E-state index is 11.9. The zero-order valence-electron chi connectivity index (χ0n) is 15.0. The zero-order chi connectivity index (χ0) is 17.6. The van der Waals surface area contributed by atoms with E-state index in [2.05, 4.69) is 22.9 Å². The number of nitrogens with one attached hydrogen (secondary N) is 3. The number of hydrogen-bond acceptors (Lipinski definition) is 3. The molecule has 0 aromatic heterocycles. The Balaban J connectivity index is 2.23. The molecule has 5 nitrogen and oxygen atoms in total. The summed E-state index contributed by atoms with van der Waals surface area (Å²) in [5, 5.41) is 8.81. The van der Waals surface area contributed by atoms with Crippen molar-refractivity contribution in [1.29, 1.82) is 0 Å². The van der Waals surface area contributed by atoms with E-state index in [4.69, 9.17) is 0 Å². The van der Waals surface area contributed by atoms with Gasteiger partial charge in [-0.05, 0) is 43.7 Å². The SMILES string of the molecule is CCCCCCCNCC(=O)Nc1ccc(C(=O)NCCC)cc1. The fourth-order valence-corrected chi connectivity index (χ4v) is 2.31. The predicted octanol–water partition coefficient (Wildman–Crippen LogP) is 3.32. The molecular weight excluding hydrogens is 302 g/mol. The molecule has 0 atom stereocenters. The fourth-order valence-electron chi connectivity index (χ4n) is 2.31. The first kappa shape index (κ1) is 20.2. The van der Waals surface area contributed by atoms with Crippen molar-refractivity contribution in [2.75, 3.05) is 25.0 Å². The van der Waals surface area contributed by atoms with Gasteiger partial charge in [-0.3, -0.25) is 9.59 Å². The van der Waals surface area contributed by atoms with Crippen molar-refractivity contribution in [3.05, 3.63) is 29.8 Å². The number of unbranched alkanes of at least 4 members (excludes halogenated alkanes) is 4. The lowest BCUT2D eigenvalue weighted by Gasteiger charge is -2.08. The maximum Gasteiger partial charge on any atom is 0.251 e. The second-order valence-corrected chi connectivity index (χ2v) is 5.97. The monoisotopic (exact) mass is 333 g/mol. The molecule has 24 heavy (non-hydrogen) atoms. The number of carbonyl (C=O) groups excluding carboxylic acids is 2. The number of rotatable bonds is 12. The number of benzene rings is 1. The quantitative estimate of drug-likeness (QED) is 0.514. The Hall–Kier alpha value is -1.88. The van der Waals surface area contributed by atoms with Gasteiger partial charge in [0.25, 0.3) is 5.91 Å². The summed E-state index contributed by atoms with van der Waals surface area (Å²) in [6, 6.07) is 6.95. The van der Waals surface area contributed by atoms with Crippen LogP contribution < -0.4 is 16.0 Å². The molecule has 0 radical (unpaired) electrons. The topological polar surface area (TPSA) is 70.2 Å². The largest absolute Gasteiger partial charge is 0.352 e. The minimum Gasteiger partial charge on any atom is -0.352 e. The summed E-state index contributed by atoms with van der Waals surface area (Å²) in [4.78, 5) is 23.7. The van der Waals surface area contributed by atoms with Crippen LogP contribution in [0.2, 0.25) is 0 Å². The lowest BCUT2D eigenvalue weighted by atomic mass is 10.1. The van der Waals surface area contributed by atoms with Gasteiger partial charge in [0.05, 0.1) is 6.54 Å². The molecule has 0 bridgehead atoms. The van der Waals surface area contributed by atoms with Gasteiger partial charge in [0, 0.05) is 17.8 Å². The van der Waals surface area contributed by atoms with E-state index >= 15 is 0 Å².